The van der Waals surface area contributed by atoms with Crippen LogP contribution in [0.15, 0.2) is 42.5 Å². The van der Waals surface area contributed by atoms with Crippen molar-refractivity contribution in [2.75, 3.05) is 6.54 Å². The lowest BCUT2D eigenvalue weighted by Gasteiger charge is -2.32. The van der Waals surface area contributed by atoms with Gasteiger partial charge in [-0.05, 0) is 61.7 Å². The van der Waals surface area contributed by atoms with E-state index in [1.807, 2.05) is 12.1 Å². The predicted octanol–water partition coefficient (Wildman–Crippen LogP) is 2.37. The van der Waals surface area contributed by atoms with E-state index in [9.17, 15) is 14.3 Å². The molecule has 6 heteroatoms. The number of aliphatic hydroxyl groups is 1. The highest BCUT2D eigenvalue weighted by atomic mass is 19.1. The lowest BCUT2D eigenvalue weighted by atomic mass is 9.89. The van der Waals surface area contributed by atoms with Crippen LogP contribution in [0, 0.1) is 5.82 Å². The molecule has 0 saturated heterocycles. The van der Waals surface area contributed by atoms with Gasteiger partial charge in [-0.15, -0.1) is 0 Å². The number of aliphatic hydroxyl groups excluding tert-OH is 1. The highest BCUT2D eigenvalue weighted by Crippen LogP contribution is 2.25. The number of hydrogen-bond acceptors (Lipinski definition) is 4. The third kappa shape index (κ3) is 4.15. The summed E-state index contributed by atoms with van der Waals surface area (Å²) < 4.78 is 19.7. The number of benzene rings is 2. The Labute approximate surface area is 145 Å². The minimum atomic E-state index is -0.628. The van der Waals surface area contributed by atoms with E-state index in [-0.39, 0.29) is 11.6 Å². The number of carbonyl (C=O) groups excluding carboxylic acids is 1. The van der Waals surface area contributed by atoms with Crippen molar-refractivity contribution in [2.45, 2.75) is 31.4 Å². The molecule has 4 N–H and O–H groups in total. The zero-order valence-electron chi connectivity index (χ0n) is 13.7. The molecule has 132 valence electrons. The quantitative estimate of drug-likeness (QED) is 0.751. The molecule has 3 rings (SSSR count). The predicted molar refractivity (Wildman–Crippen MR) is 92.2 cm³/mol. The number of hydrogen-bond donors (Lipinski definition) is 3. The van der Waals surface area contributed by atoms with Gasteiger partial charge in [0.1, 0.15) is 17.3 Å². The molecular formula is C19H21FN2O3. The zero-order chi connectivity index (χ0) is 17.8. The van der Waals surface area contributed by atoms with Crippen molar-refractivity contribution in [3.8, 4) is 11.5 Å². The van der Waals surface area contributed by atoms with E-state index < -0.39 is 17.8 Å². The normalized spacial score (nSPS) is 19.2. The Morgan fingerprint density at radius 3 is 2.52 bits per heavy atom. The number of ether oxygens (including phenoxy) is 1. The van der Waals surface area contributed by atoms with Crippen LogP contribution in [0.5, 0.6) is 11.5 Å². The standard InChI is InChI=1S/C19H21FN2O3/c20-16-6-5-14(25-13-3-1-12(2-4-13)9-10-21)11-15(16)19(24)22-17-7-8-18(17)23/h1-6,11,17-18,23H,7-10,21H2,(H,22,24)/t17-,18-/m0/s1. The van der Waals surface area contributed by atoms with Gasteiger partial charge in [0.05, 0.1) is 17.7 Å². The van der Waals surface area contributed by atoms with Crippen molar-refractivity contribution in [3.05, 3.63) is 59.4 Å². The van der Waals surface area contributed by atoms with Crippen LogP contribution in [0.3, 0.4) is 0 Å². The average Bonchev–Trinajstić information content (AvgIpc) is 2.61. The molecule has 1 saturated carbocycles. The number of amides is 1. The second kappa shape index (κ2) is 7.63. The summed E-state index contributed by atoms with van der Waals surface area (Å²) in [5, 5.41) is 12.2. The van der Waals surface area contributed by atoms with Gasteiger partial charge in [0.2, 0.25) is 0 Å². The largest absolute Gasteiger partial charge is 0.457 e. The Morgan fingerprint density at radius 1 is 1.20 bits per heavy atom. The Balaban J connectivity index is 1.71. The van der Waals surface area contributed by atoms with E-state index >= 15 is 0 Å². The summed E-state index contributed by atoms with van der Waals surface area (Å²) in [7, 11) is 0. The van der Waals surface area contributed by atoms with Crippen LogP contribution in [-0.2, 0) is 6.42 Å². The Hall–Kier alpha value is -2.44. The van der Waals surface area contributed by atoms with Crippen LogP contribution in [0.4, 0.5) is 4.39 Å². The molecule has 2 aromatic carbocycles. The van der Waals surface area contributed by atoms with Crippen molar-refractivity contribution < 1.29 is 19.0 Å². The van der Waals surface area contributed by atoms with Gasteiger partial charge in [0, 0.05) is 0 Å². The molecule has 2 aromatic rings. The van der Waals surface area contributed by atoms with Crippen LogP contribution >= 0.6 is 0 Å². The van der Waals surface area contributed by atoms with Crippen molar-refractivity contribution in [2.24, 2.45) is 5.73 Å². The fourth-order valence-corrected chi connectivity index (χ4v) is 2.67. The first kappa shape index (κ1) is 17.4. The van der Waals surface area contributed by atoms with Gasteiger partial charge < -0.3 is 20.9 Å². The van der Waals surface area contributed by atoms with Gasteiger partial charge in [-0.3, -0.25) is 4.79 Å². The van der Waals surface area contributed by atoms with Crippen LogP contribution in [-0.4, -0.2) is 29.7 Å². The van der Waals surface area contributed by atoms with Crippen molar-refractivity contribution in [1.82, 2.24) is 5.32 Å². The zero-order valence-corrected chi connectivity index (χ0v) is 13.7. The van der Waals surface area contributed by atoms with E-state index in [1.54, 1.807) is 12.1 Å². The molecular weight excluding hydrogens is 323 g/mol. The fourth-order valence-electron chi connectivity index (χ4n) is 2.67. The van der Waals surface area contributed by atoms with Crippen LogP contribution in [0.25, 0.3) is 0 Å². The first-order chi connectivity index (χ1) is 12.1. The molecule has 25 heavy (non-hydrogen) atoms. The summed E-state index contributed by atoms with van der Waals surface area (Å²) in [6, 6.07) is 11.2. The van der Waals surface area contributed by atoms with Gasteiger partial charge in [-0.1, -0.05) is 12.1 Å². The molecule has 5 nitrogen and oxygen atoms in total. The molecule has 0 aromatic heterocycles. The minimum Gasteiger partial charge on any atom is -0.457 e. The van der Waals surface area contributed by atoms with Crippen molar-refractivity contribution in [3.63, 3.8) is 0 Å². The molecule has 1 amide bonds. The summed E-state index contributed by atoms with van der Waals surface area (Å²) >= 11 is 0. The summed E-state index contributed by atoms with van der Waals surface area (Å²) in [6.07, 6.45) is 1.57. The second-order valence-corrected chi connectivity index (χ2v) is 6.15. The number of rotatable bonds is 6. The monoisotopic (exact) mass is 344 g/mol. The number of nitrogens with two attached hydrogens (primary N) is 1. The number of nitrogens with one attached hydrogen (secondary N) is 1. The van der Waals surface area contributed by atoms with Gasteiger partial charge >= 0.3 is 0 Å². The summed E-state index contributed by atoms with van der Waals surface area (Å²) in [4.78, 5) is 12.2. The van der Waals surface area contributed by atoms with Gasteiger partial charge in [-0.2, -0.15) is 0 Å². The van der Waals surface area contributed by atoms with Gasteiger partial charge in [0.15, 0.2) is 0 Å². The molecule has 0 unspecified atom stereocenters. The van der Waals surface area contributed by atoms with E-state index in [2.05, 4.69) is 5.32 Å². The molecule has 0 heterocycles. The molecule has 1 fully saturated rings. The molecule has 1 aliphatic carbocycles. The van der Waals surface area contributed by atoms with Crippen molar-refractivity contribution >= 4 is 5.91 Å². The van der Waals surface area contributed by atoms with E-state index in [1.165, 1.54) is 18.2 Å². The van der Waals surface area contributed by atoms with E-state index in [0.29, 0.717) is 30.9 Å². The number of halogens is 1. The Kier molecular flexibility index (Phi) is 5.31. The van der Waals surface area contributed by atoms with Crippen LogP contribution in [0.2, 0.25) is 0 Å². The molecule has 0 aliphatic heterocycles. The fraction of sp³-hybridized carbons (Fsp3) is 0.316. The first-order valence-corrected chi connectivity index (χ1v) is 8.32. The lowest BCUT2D eigenvalue weighted by Crippen LogP contribution is -2.50. The highest BCUT2D eigenvalue weighted by Gasteiger charge is 2.30. The van der Waals surface area contributed by atoms with Crippen LogP contribution < -0.4 is 15.8 Å². The summed E-state index contributed by atoms with van der Waals surface area (Å²) in [6.45, 7) is 0.576. The first-order valence-electron chi connectivity index (χ1n) is 8.32. The third-order valence-electron chi connectivity index (χ3n) is 4.33. The minimum absolute atomic E-state index is 0.101. The summed E-state index contributed by atoms with van der Waals surface area (Å²) in [5.41, 5.74) is 6.52. The average molecular weight is 344 g/mol. The topological polar surface area (TPSA) is 84.6 Å². The molecule has 1 aliphatic rings. The molecule has 0 bridgehead atoms. The summed E-state index contributed by atoms with van der Waals surface area (Å²) in [5.74, 6) is -0.220. The maximum absolute atomic E-state index is 14.0. The second-order valence-electron chi connectivity index (χ2n) is 6.15. The van der Waals surface area contributed by atoms with Gasteiger partial charge in [-0.25, -0.2) is 4.39 Å². The Bertz CT molecular complexity index is 749. The SMILES string of the molecule is NCCc1ccc(Oc2ccc(F)c(C(=O)N[C@H]3CC[C@@H]3O)c2)cc1. The molecule has 2 atom stereocenters. The maximum atomic E-state index is 14.0. The Morgan fingerprint density at radius 2 is 1.92 bits per heavy atom. The smallest absolute Gasteiger partial charge is 0.254 e. The molecule has 0 spiro atoms. The van der Waals surface area contributed by atoms with Crippen molar-refractivity contribution in [1.29, 1.82) is 0 Å². The van der Waals surface area contributed by atoms with E-state index in [0.717, 1.165) is 12.0 Å². The lowest BCUT2D eigenvalue weighted by molar-refractivity contribution is 0.0446. The highest BCUT2D eigenvalue weighted by molar-refractivity contribution is 5.95. The third-order valence-corrected chi connectivity index (χ3v) is 4.33. The maximum Gasteiger partial charge on any atom is 0.254 e. The van der Waals surface area contributed by atoms with Gasteiger partial charge in [0.25, 0.3) is 5.91 Å². The van der Waals surface area contributed by atoms with Crippen LogP contribution in [0.1, 0.15) is 28.8 Å². The van der Waals surface area contributed by atoms with E-state index in [4.69, 9.17) is 10.5 Å². The molecule has 0 radical (unpaired) electrons. The number of carbonyl (C=O) groups is 1.